The fraction of sp³-hybridized carbons (Fsp3) is 0.483. The number of carbonyl (C=O) groups excluding carboxylic acids is 2. The third-order valence-electron chi connectivity index (χ3n) is 8.93. The zero-order valence-corrected chi connectivity index (χ0v) is 23.6. The number of aromatic nitrogens is 1. The molecule has 2 aliphatic carbocycles. The average Bonchev–Trinajstić information content (AvgIpc) is 3.58. The van der Waals surface area contributed by atoms with Gasteiger partial charge in [0.15, 0.2) is 5.13 Å². The van der Waals surface area contributed by atoms with Gasteiger partial charge in [-0.1, -0.05) is 50.2 Å². The Balaban J connectivity index is 1.47. The summed E-state index contributed by atoms with van der Waals surface area (Å²) in [7, 11) is 0. The summed E-state index contributed by atoms with van der Waals surface area (Å²) in [6.45, 7) is 5.99. The number of hydrogen-bond acceptors (Lipinski definition) is 7. The van der Waals surface area contributed by atoms with E-state index < -0.39 is 11.5 Å². The van der Waals surface area contributed by atoms with Gasteiger partial charge in [-0.3, -0.25) is 14.9 Å². The van der Waals surface area contributed by atoms with E-state index in [1.54, 1.807) is 6.07 Å². The van der Waals surface area contributed by atoms with E-state index in [0.29, 0.717) is 22.9 Å². The maximum atomic E-state index is 13.5. The molecule has 9 heteroatoms. The number of aliphatic hydroxyl groups excluding tert-OH is 2. The number of thiazole rings is 1. The van der Waals surface area contributed by atoms with Gasteiger partial charge in [0.1, 0.15) is 0 Å². The van der Waals surface area contributed by atoms with Gasteiger partial charge in [0.25, 0.3) is 5.91 Å². The zero-order chi connectivity index (χ0) is 27.1. The smallest absolute Gasteiger partial charge is 0.267 e. The second-order valence-electron chi connectivity index (χ2n) is 11.2. The molecule has 0 saturated heterocycles. The molecule has 0 unspecified atom stereocenters. The van der Waals surface area contributed by atoms with Crippen molar-refractivity contribution >= 4 is 39.6 Å². The second kappa shape index (κ2) is 10.5. The molecule has 0 spiro atoms. The van der Waals surface area contributed by atoms with Crippen molar-refractivity contribution in [1.82, 2.24) is 10.3 Å². The van der Waals surface area contributed by atoms with Crippen molar-refractivity contribution in [2.45, 2.75) is 64.5 Å². The summed E-state index contributed by atoms with van der Waals surface area (Å²) in [5.41, 5.74) is 0.853. The van der Waals surface area contributed by atoms with Crippen LogP contribution in [-0.4, -0.2) is 39.7 Å². The van der Waals surface area contributed by atoms with Gasteiger partial charge >= 0.3 is 0 Å². The Morgan fingerprint density at radius 3 is 2.63 bits per heavy atom. The van der Waals surface area contributed by atoms with E-state index in [2.05, 4.69) is 17.6 Å². The molecular formula is C29H35N3O4S2. The first-order valence-electron chi connectivity index (χ1n) is 13.1. The highest BCUT2D eigenvalue weighted by molar-refractivity contribution is 7.16. The summed E-state index contributed by atoms with van der Waals surface area (Å²) in [6, 6.07) is 13.3. The normalized spacial score (nSPS) is 29.1. The number of aliphatic hydroxyl groups is 2. The SMILES string of the molecule is C[C@H](NC(=O)C[C@@H]1c2nc(NC(=O)c3cccs3)sc2C[C@@H]2[C@](C)(CO)[C@H](O)CC[C@]21C)c1ccccc1. The Kier molecular flexibility index (Phi) is 7.48. The van der Waals surface area contributed by atoms with Gasteiger partial charge in [-0.05, 0) is 54.5 Å². The number of rotatable bonds is 7. The standard InChI is InChI=1S/C29H35N3O4S2/c1-17(18-8-5-4-6-9-18)30-24(35)14-19-25-21(38-27(31-25)32-26(36)20-10-7-13-37-20)15-22-28(19,2)12-11-23(34)29(22,3)16-33/h4-10,13,17,19,22-23,33-34H,11-12,14-16H2,1-3H3,(H,30,35)(H,31,32,36)/t17-,19+,22-,23+,28-,29-/m0/s1. The molecule has 2 aliphatic rings. The minimum atomic E-state index is -0.693. The van der Waals surface area contributed by atoms with Crippen LogP contribution in [0.3, 0.4) is 0 Å². The number of hydrogen-bond donors (Lipinski definition) is 4. The summed E-state index contributed by atoms with van der Waals surface area (Å²) >= 11 is 2.81. The van der Waals surface area contributed by atoms with E-state index in [0.717, 1.165) is 22.6 Å². The van der Waals surface area contributed by atoms with Crippen molar-refractivity contribution in [3.63, 3.8) is 0 Å². The van der Waals surface area contributed by atoms with Crippen molar-refractivity contribution in [2.75, 3.05) is 11.9 Å². The quantitative estimate of drug-likeness (QED) is 0.324. The Labute approximate surface area is 231 Å². The Hall–Kier alpha value is -2.59. The molecule has 1 fully saturated rings. The molecular weight excluding hydrogens is 518 g/mol. The number of carbonyl (C=O) groups is 2. The molecule has 1 saturated carbocycles. The van der Waals surface area contributed by atoms with Crippen molar-refractivity contribution in [1.29, 1.82) is 0 Å². The first-order chi connectivity index (χ1) is 18.2. The van der Waals surface area contributed by atoms with Gasteiger partial charge in [-0.25, -0.2) is 4.98 Å². The minimum Gasteiger partial charge on any atom is -0.396 e. The molecule has 6 atom stereocenters. The van der Waals surface area contributed by atoms with E-state index in [1.807, 2.05) is 55.6 Å². The zero-order valence-electron chi connectivity index (χ0n) is 21.9. The molecule has 0 bridgehead atoms. The molecule has 202 valence electrons. The fourth-order valence-corrected chi connectivity index (χ4v) is 8.26. The lowest BCUT2D eigenvalue weighted by molar-refractivity contribution is -0.144. The Morgan fingerprint density at radius 1 is 1.18 bits per heavy atom. The van der Waals surface area contributed by atoms with Crippen LogP contribution in [0, 0.1) is 16.7 Å². The predicted octanol–water partition coefficient (Wildman–Crippen LogP) is 5.14. The van der Waals surface area contributed by atoms with Crippen molar-refractivity contribution in [2.24, 2.45) is 16.7 Å². The number of anilines is 1. The first kappa shape index (κ1) is 27.0. The van der Waals surface area contributed by atoms with Gasteiger partial charge in [0.05, 0.1) is 29.3 Å². The van der Waals surface area contributed by atoms with Crippen LogP contribution >= 0.6 is 22.7 Å². The van der Waals surface area contributed by atoms with E-state index in [1.165, 1.54) is 22.7 Å². The third-order valence-corrected chi connectivity index (χ3v) is 10.8. The summed E-state index contributed by atoms with van der Waals surface area (Å²) in [6.07, 6.45) is 1.56. The summed E-state index contributed by atoms with van der Waals surface area (Å²) < 4.78 is 0. The Bertz CT molecular complexity index is 1290. The van der Waals surface area contributed by atoms with Crippen LogP contribution in [-0.2, 0) is 11.2 Å². The van der Waals surface area contributed by atoms with Crippen LogP contribution < -0.4 is 10.6 Å². The highest BCUT2D eigenvalue weighted by Gasteiger charge is 2.59. The molecule has 3 aromatic rings. The molecule has 38 heavy (non-hydrogen) atoms. The molecule has 5 rings (SSSR count). The highest BCUT2D eigenvalue weighted by atomic mass is 32.1. The number of nitrogens with one attached hydrogen (secondary N) is 2. The fourth-order valence-electron chi connectivity index (χ4n) is 6.58. The van der Waals surface area contributed by atoms with Crippen LogP contribution in [0.25, 0.3) is 0 Å². The first-order valence-corrected chi connectivity index (χ1v) is 14.8. The minimum absolute atomic E-state index is 0.0399. The largest absolute Gasteiger partial charge is 0.396 e. The lowest BCUT2D eigenvalue weighted by Crippen LogP contribution is -2.57. The van der Waals surface area contributed by atoms with Crippen LogP contribution in [0.1, 0.15) is 77.8 Å². The molecule has 0 aliphatic heterocycles. The van der Waals surface area contributed by atoms with Gasteiger partial charge in [0.2, 0.25) is 5.91 Å². The summed E-state index contributed by atoms with van der Waals surface area (Å²) in [5, 5.41) is 29.9. The molecule has 7 nitrogen and oxygen atoms in total. The summed E-state index contributed by atoms with van der Waals surface area (Å²) in [5.74, 6) is -0.507. The molecule has 1 aromatic carbocycles. The van der Waals surface area contributed by atoms with Crippen molar-refractivity contribution in [3.05, 3.63) is 68.9 Å². The van der Waals surface area contributed by atoms with Crippen molar-refractivity contribution < 1.29 is 19.8 Å². The number of thiophene rings is 1. The maximum absolute atomic E-state index is 13.5. The van der Waals surface area contributed by atoms with Crippen LogP contribution in [0.2, 0.25) is 0 Å². The average molecular weight is 554 g/mol. The Morgan fingerprint density at radius 2 is 1.95 bits per heavy atom. The predicted molar refractivity (Wildman–Crippen MR) is 150 cm³/mol. The number of fused-ring (bicyclic) bond motifs is 2. The summed E-state index contributed by atoms with van der Waals surface area (Å²) in [4.78, 5) is 32.7. The topological polar surface area (TPSA) is 112 Å². The lowest BCUT2D eigenvalue weighted by atomic mass is 9.47. The van der Waals surface area contributed by atoms with Crippen LogP contribution in [0.5, 0.6) is 0 Å². The van der Waals surface area contributed by atoms with E-state index in [9.17, 15) is 19.8 Å². The van der Waals surface area contributed by atoms with E-state index in [-0.39, 0.29) is 48.1 Å². The number of benzene rings is 1. The van der Waals surface area contributed by atoms with Crippen molar-refractivity contribution in [3.8, 4) is 0 Å². The highest BCUT2D eigenvalue weighted by Crippen LogP contribution is 2.62. The van der Waals surface area contributed by atoms with Gasteiger partial charge in [-0.2, -0.15) is 0 Å². The molecule has 2 aromatic heterocycles. The third kappa shape index (κ3) is 4.81. The van der Waals surface area contributed by atoms with Crippen LogP contribution in [0.4, 0.5) is 5.13 Å². The van der Waals surface area contributed by atoms with E-state index in [4.69, 9.17) is 4.98 Å². The number of amides is 2. The maximum Gasteiger partial charge on any atom is 0.267 e. The number of nitrogens with zero attached hydrogens (tertiary/aromatic N) is 1. The van der Waals surface area contributed by atoms with Gasteiger partial charge in [0, 0.05) is 22.6 Å². The monoisotopic (exact) mass is 553 g/mol. The second-order valence-corrected chi connectivity index (χ2v) is 13.2. The lowest BCUT2D eigenvalue weighted by Gasteiger charge is -2.58. The van der Waals surface area contributed by atoms with Gasteiger partial charge < -0.3 is 15.5 Å². The van der Waals surface area contributed by atoms with Gasteiger partial charge in [-0.15, -0.1) is 22.7 Å². The molecule has 0 radical (unpaired) electrons. The van der Waals surface area contributed by atoms with Crippen LogP contribution in [0.15, 0.2) is 47.8 Å². The molecule has 2 heterocycles. The van der Waals surface area contributed by atoms with E-state index >= 15 is 0 Å². The molecule has 2 amide bonds. The molecule has 4 N–H and O–H groups in total.